The molecule has 0 aliphatic heterocycles. The van der Waals surface area contributed by atoms with Gasteiger partial charge in [0.25, 0.3) is 0 Å². The fourth-order valence-corrected chi connectivity index (χ4v) is 4.07. The van der Waals surface area contributed by atoms with E-state index in [9.17, 15) is 4.79 Å². The maximum atomic E-state index is 13.5. The molecule has 0 N–H and O–H groups in total. The summed E-state index contributed by atoms with van der Waals surface area (Å²) in [5.41, 5.74) is 3.53. The van der Waals surface area contributed by atoms with Gasteiger partial charge in [-0.3, -0.25) is 4.79 Å². The number of hydrogen-bond donors (Lipinski definition) is 0. The van der Waals surface area contributed by atoms with Gasteiger partial charge in [-0.2, -0.15) is 0 Å². The van der Waals surface area contributed by atoms with Gasteiger partial charge in [-0.15, -0.1) is 0 Å². The molecule has 0 aliphatic rings. The van der Waals surface area contributed by atoms with Crippen molar-refractivity contribution in [1.82, 2.24) is 9.47 Å². The topological polar surface area (TPSA) is 25.2 Å². The van der Waals surface area contributed by atoms with Crippen LogP contribution < -0.4 is 0 Å². The lowest BCUT2D eigenvalue weighted by Gasteiger charge is -2.28. The average molecular weight is 467 g/mol. The first-order valence-corrected chi connectivity index (χ1v) is 11.6. The lowest BCUT2D eigenvalue weighted by molar-refractivity contribution is -0.133. The third-order valence-corrected chi connectivity index (χ3v) is 6.07. The molecular formula is C26H31BrN2O. The first-order valence-electron chi connectivity index (χ1n) is 10.8. The van der Waals surface area contributed by atoms with Crippen LogP contribution in [-0.4, -0.2) is 21.9 Å². The highest BCUT2D eigenvalue weighted by atomic mass is 79.9. The van der Waals surface area contributed by atoms with Crippen molar-refractivity contribution in [2.75, 3.05) is 6.54 Å². The van der Waals surface area contributed by atoms with Gasteiger partial charge in [0.1, 0.15) is 0 Å². The highest BCUT2D eigenvalue weighted by molar-refractivity contribution is 9.10. The second-order valence-electron chi connectivity index (χ2n) is 7.74. The SMILES string of the molecule is CCCCN(Cc1cccn1Cc1ccc(Br)cc1)C(=O)C(CC)c1ccccc1. The van der Waals surface area contributed by atoms with Crippen molar-refractivity contribution in [2.45, 2.75) is 52.1 Å². The summed E-state index contributed by atoms with van der Waals surface area (Å²) in [7, 11) is 0. The van der Waals surface area contributed by atoms with Gasteiger partial charge in [0.15, 0.2) is 0 Å². The van der Waals surface area contributed by atoms with Gasteiger partial charge in [0.05, 0.1) is 12.5 Å². The minimum atomic E-state index is -0.0852. The standard InChI is InChI=1S/C26H31BrN2O/c1-3-5-17-29(26(30)25(4-2)22-10-7-6-8-11-22)20-24-12-9-18-28(24)19-21-13-15-23(27)16-14-21/h6-16,18,25H,3-5,17,19-20H2,1-2H3. The largest absolute Gasteiger partial charge is 0.345 e. The maximum Gasteiger partial charge on any atom is 0.230 e. The predicted molar refractivity (Wildman–Crippen MR) is 127 cm³/mol. The van der Waals surface area contributed by atoms with Gasteiger partial charge in [0.2, 0.25) is 5.91 Å². The lowest BCUT2D eigenvalue weighted by atomic mass is 9.95. The molecule has 158 valence electrons. The maximum absolute atomic E-state index is 13.5. The smallest absolute Gasteiger partial charge is 0.230 e. The fourth-order valence-electron chi connectivity index (χ4n) is 3.80. The number of amides is 1. The van der Waals surface area contributed by atoms with E-state index in [4.69, 9.17) is 0 Å². The van der Waals surface area contributed by atoms with Crippen LogP contribution in [0, 0.1) is 0 Å². The first kappa shape index (κ1) is 22.4. The Kier molecular flexibility index (Phi) is 8.32. The highest BCUT2D eigenvalue weighted by Crippen LogP contribution is 2.24. The van der Waals surface area contributed by atoms with Crippen molar-refractivity contribution < 1.29 is 4.79 Å². The van der Waals surface area contributed by atoms with Crippen molar-refractivity contribution in [3.8, 4) is 0 Å². The summed E-state index contributed by atoms with van der Waals surface area (Å²) in [6, 6.07) is 22.8. The van der Waals surface area contributed by atoms with Crippen molar-refractivity contribution in [3.63, 3.8) is 0 Å². The highest BCUT2D eigenvalue weighted by Gasteiger charge is 2.25. The van der Waals surface area contributed by atoms with Gasteiger partial charge in [0, 0.05) is 29.5 Å². The van der Waals surface area contributed by atoms with Gasteiger partial charge >= 0.3 is 0 Å². The van der Waals surface area contributed by atoms with E-state index in [0.717, 1.165) is 42.4 Å². The molecule has 1 unspecified atom stereocenters. The minimum Gasteiger partial charge on any atom is -0.345 e. The van der Waals surface area contributed by atoms with Crippen LogP contribution >= 0.6 is 15.9 Å². The number of hydrogen-bond acceptors (Lipinski definition) is 1. The van der Waals surface area contributed by atoms with Gasteiger partial charge in [-0.25, -0.2) is 0 Å². The van der Waals surface area contributed by atoms with Crippen LogP contribution in [0.15, 0.2) is 77.4 Å². The Bertz CT molecular complexity index is 918. The summed E-state index contributed by atoms with van der Waals surface area (Å²) >= 11 is 3.50. The molecule has 2 aromatic carbocycles. The van der Waals surface area contributed by atoms with E-state index in [1.807, 2.05) is 18.2 Å². The molecule has 3 nitrogen and oxygen atoms in total. The van der Waals surface area contributed by atoms with E-state index >= 15 is 0 Å². The van der Waals surface area contributed by atoms with Gasteiger partial charge in [-0.05, 0) is 48.2 Å². The number of halogens is 1. The van der Waals surface area contributed by atoms with Crippen molar-refractivity contribution >= 4 is 21.8 Å². The normalized spacial score (nSPS) is 12.0. The van der Waals surface area contributed by atoms with E-state index in [2.05, 4.69) is 94.0 Å². The molecular weight excluding hydrogens is 436 g/mol. The Hall–Kier alpha value is -2.33. The Balaban J connectivity index is 1.79. The number of carbonyl (C=O) groups excluding carboxylic acids is 1. The summed E-state index contributed by atoms with van der Waals surface area (Å²) in [4.78, 5) is 15.6. The summed E-state index contributed by atoms with van der Waals surface area (Å²) in [6.07, 6.45) is 5.01. The Labute approximate surface area is 188 Å². The molecule has 1 heterocycles. The van der Waals surface area contributed by atoms with E-state index in [-0.39, 0.29) is 11.8 Å². The second-order valence-corrected chi connectivity index (χ2v) is 8.65. The Morgan fingerprint density at radius 1 is 1.00 bits per heavy atom. The zero-order valence-electron chi connectivity index (χ0n) is 17.9. The summed E-state index contributed by atoms with van der Waals surface area (Å²) in [6.45, 7) is 6.52. The number of benzene rings is 2. The molecule has 1 atom stereocenters. The Morgan fingerprint density at radius 3 is 2.40 bits per heavy atom. The molecule has 30 heavy (non-hydrogen) atoms. The molecule has 0 spiro atoms. The third kappa shape index (κ3) is 5.85. The molecule has 0 fully saturated rings. The Morgan fingerprint density at radius 2 is 1.73 bits per heavy atom. The molecule has 0 saturated heterocycles. The molecule has 0 aliphatic carbocycles. The zero-order chi connectivity index (χ0) is 21.3. The second kappa shape index (κ2) is 11.2. The van der Waals surface area contributed by atoms with Crippen molar-refractivity contribution in [2.24, 2.45) is 0 Å². The number of rotatable bonds is 10. The molecule has 0 saturated carbocycles. The molecule has 3 rings (SSSR count). The first-order chi connectivity index (χ1) is 14.6. The van der Waals surface area contributed by atoms with E-state index in [0.29, 0.717) is 6.54 Å². The van der Waals surface area contributed by atoms with Crippen LogP contribution in [0.3, 0.4) is 0 Å². The van der Waals surface area contributed by atoms with Crippen molar-refractivity contribution in [3.05, 3.63) is 94.2 Å². The van der Waals surface area contributed by atoms with Crippen LogP contribution in [0.1, 0.15) is 55.8 Å². The number of carbonyl (C=O) groups is 1. The molecule has 3 aromatic rings. The third-order valence-electron chi connectivity index (χ3n) is 5.54. The zero-order valence-corrected chi connectivity index (χ0v) is 19.5. The fraction of sp³-hybridized carbons (Fsp3) is 0.346. The van der Waals surface area contributed by atoms with Crippen LogP contribution in [0.2, 0.25) is 0 Å². The predicted octanol–water partition coefficient (Wildman–Crippen LogP) is 6.62. The van der Waals surface area contributed by atoms with Crippen molar-refractivity contribution in [1.29, 1.82) is 0 Å². The quantitative estimate of drug-likeness (QED) is 0.329. The van der Waals surface area contributed by atoms with Crippen LogP contribution in [0.5, 0.6) is 0 Å². The minimum absolute atomic E-state index is 0.0852. The van der Waals surface area contributed by atoms with E-state index < -0.39 is 0 Å². The number of nitrogens with zero attached hydrogens (tertiary/aromatic N) is 2. The monoisotopic (exact) mass is 466 g/mol. The number of unbranched alkanes of at least 4 members (excludes halogenated alkanes) is 1. The van der Waals surface area contributed by atoms with E-state index in [1.54, 1.807) is 0 Å². The molecule has 1 aromatic heterocycles. The molecule has 4 heteroatoms. The summed E-state index contributed by atoms with van der Waals surface area (Å²) in [5, 5.41) is 0. The molecule has 0 radical (unpaired) electrons. The van der Waals surface area contributed by atoms with Crippen LogP contribution in [-0.2, 0) is 17.9 Å². The lowest BCUT2D eigenvalue weighted by Crippen LogP contribution is -2.36. The summed E-state index contributed by atoms with van der Waals surface area (Å²) < 4.78 is 3.33. The van der Waals surface area contributed by atoms with Gasteiger partial charge < -0.3 is 9.47 Å². The van der Waals surface area contributed by atoms with Crippen LogP contribution in [0.25, 0.3) is 0 Å². The van der Waals surface area contributed by atoms with Gasteiger partial charge in [-0.1, -0.05) is 78.7 Å². The van der Waals surface area contributed by atoms with E-state index in [1.165, 1.54) is 11.3 Å². The molecule has 0 bridgehead atoms. The molecule has 1 amide bonds. The van der Waals surface area contributed by atoms with Crippen LogP contribution in [0.4, 0.5) is 0 Å². The summed E-state index contributed by atoms with van der Waals surface area (Å²) in [5.74, 6) is 0.145. The number of aromatic nitrogens is 1. The average Bonchev–Trinajstić information content (AvgIpc) is 3.20.